The molecule has 1 N–H and O–H groups in total. The summed E-state index contributed by atoms with van der Waals surface area (Å²) in [5.41, 5.74) is -0.597. The number of nitrogens with one attached hydrogen (secondary N) is 1. The molecule has 0 spiro atoms. The molecule has 6 nitrogen and oxygen atoms in total. The van der Waals surface area contributed by atoms with Crippen LogP contribution in [-0.4, -0.2) is 21.5 Å². The Morgan fingerprint density at radius 1 is 1.48 bits per heavy atom. The van der Waals surface area contributed by atoms with Crippen molar-refractivity contribution in [2.75, 3.05) is 5.32 Å². The minimum atomic E-state index is -0.773. The Bertz CT molecular complexity index is 790. The van der Waals surface area contributed by atoms with E-state index in [-0.39, 0.29) is 22.1 Å². The van der Waals surface area contributed by atoms with Crippen LogP contribution in [0.25, 0.3) is 5.69 Å². The molecule has 0 bridgehead atoms. The molecule has 1 heterocycles. The number of hydrogen-bond donors (Lipinski definition) is 1. The van der Waals surface area contributed by atoms with E-state index in [2.05, 4.69) is 10.4 Å². The van der Waals surface area contributed by atoms with Gasteiger partial charge >= 0.3 is 6.09 Å². The molecule has 120 valence electrons. The first-order chi connectivity index (χ1) is 10.7. The average molecular weight is 337 g/mol. The molecule has 8 heteroatoms. The summed E-state index contributed by atoms with van der Waals surface area (Å²) in [6.07, 6.45) is 0.450. The van der Waals surface area contributed by atoms with Crippen LogP contribution >= 0.6 is 11.6 Å². The Hall–Kier alpha value is -2.59. The molecule has 0 atom stereocenters. The fraction of sp³-hybridized carbons (Fsp3) is 0.267. The molecule has 0 aliphatic heterocycles. The van der Waals surface area contributed by atoms with Gasteiger partial charge < -0.3 is 4.74 Å². The summed E-state index contributed by atoms with van der Waals surface area (Å²) in [5, 5.41) is 15.7. The smallest absolute Gasteiger partial charge is 0.413 e. The van der Waals surface area contributed by atoms with Crippen LogP contribution in [0, 0.1) is 17.1 Å². The quantitative estimate of drug-likeness (QED) is 0.902. The normalized spacial score (nSPS) is 11.0. The Morgan fingerprint density at radius 3 is 2.74 bits per heavy atom. The van der Waals surface area contributed by atoms with Gasteiger partial charge in [-0.1, -0.05) is 11.6 Å². The summed E-state index contributed by atoms with van der Waals surface area (Å²) in [5.74, 6) is -0.625. The number of benzene rings is 1. The molecular formula is C15H14ClFN4O2. The zero-order chi connectivity index (χ0) is 17.2. The average Bonchev–Trinajstić information content (AvgIpc) is 2.79. The Morgan fingerprint density at radius 2 is 2.17 bits per heavy atom. The first-order valence-electron chi connectivity index (χ1n) is 6.65. The van der Waals surface area contributed by atoms with Crippen LogP contribution < -0.4 is 5.32 Å². The van der Waals surface area contributed by atoms with E-state index >= 15 is 0 Å². The molecule has 0 saturated heterocycles. The lowest BCUT2D eigenvalue weighted by Gasteiger charge is -2.20. The number of nitrogens with zero attached hydrogens (tertiary/aromatic N) is 3. The van der Waals surface area contributed by atoms with E-state index in [0.717, 1.165) is 10.7 Å². The highest BCUT2D eigenvalue weighted by atomic mass is 35.5. The van der Waals surface area contributed by atoms with Crippen molar-refractivity contribution in [1.82, 2.24) is 9.78 Å². The first kappa shape index (κ1) is 16.8. The Balaban J connectivity index is 2.42. The van der Waals surface area contributed by atoms with Crippen LogP contribution in [0.15, 0.2) is 24.4 Å². The van der Waals surface area contributed by atoms with Crippen molar-refractivity contribution in [3.05, 3.63) is 40.8 Å². The van der Waals surface area contributed by atoms with Gasteiger partial charge in [-0.15, -0.1) is 0 Å². The zero-order valence-electron chi connectivity index (χ0n) is 12.7. The van der Waals surface area contributed by atoms with Crippen molar-refractivity contribution < 1.29 is 13.9 Å². The van der Waals surface area contributed by atoms with Gasteiger partial charge in [0.1, 0.15) is 28.7 Å². The SMILES string of the molecule is CC(C)(C)OC(=O)Nc1c(C#N)cnn1-c1ccc(Cl)cc1F. The van der Waals surface area contributed by atoms with Crippen molar-refractivity contribution in [2.24, 2.45) is 0 Å². The molecule has 2 rings (SSSR count). The van der Waals surface area contributed by atoms with Crippen LogP contribution in [0.3, 0.4) is 0 Å². The molecule has 0 fully saturated rings. The summed E-state index contributed by atoms with van der Waals surface area (Å²) in [4.78, 5) is 11.9. The Kier molecular flexibility index (Phi) is 4.57. The van der Waals surface area contributed by atoms with Gasteiger partial charge in [0.25, 0.3) is 0 Å². The van der Waals surface area contributed by atoms with Crippen LogP contribution in [0.2, 0.25) is 5.02 Å². The van der Waals surface area contributed by atoms with E-state index in [1.165, 1.54) is 18.3 Å². The number of aromatic nitrogens is 2. The molecular weight excluding hydrogens is 323 g/mol. The van der Waals surface area contributed by atoms with Crippen LogP contribution in [-0.2, 0) is 4.74 Å². The molecule has 0 aliphatic rings. The number of carbonyl (C=O) groups is 1. The maximum absolute atomic E-state index is 14.1. The number of halogens is 2. The van der Waals surface area contributed by atoms with E-state index in [1.807, 2.05) is 6.07 Å². The number of anilines is 1. The molecule has 1 aromatic carbocycles. The summed E-state index contributed by atoms with van der Waals surface area (Å²) >= 11 is 5.72. The largest absolute Gasteiger partial charge is 0.444 e. The third-order valence-corrected chi connectivity index (χ3v) is 2.88. The highest BCUT2D eigenvalue weighted by molar-refractivity contribution is 6.30. The number of hydrogen-bond acceptors (Lipinski definition) is 4. The first-order valence-corrected chi connectivity index (χ1v) is 7.02. The predicted octanol–water partition coefficient (Wildman–Crippen LogP) is 3.88. The molecule has 1 aromatic heterocycles. The summed E-state index contributed by atoms with van der Waals surface area (Å²) in [7, 11) is 0. The lowest BCUT2D eigenvalue weighted by atomic mass is 10.2. The van der Waals surface area contributed by atoms with Gasteiger partial charge in [-0.25, -0.2) is 13.9 Å². The Labute approximate surface area is 137 Å². The van der Waals surface area contributed by atoms with E-state index in [1.54, 1.807) is 20.8 Å². The molecule has 23 heavy (non-hydrogen) atoms. The highest BCUT2D eigenvalue weighted by Gasteiger charge is 2.21. The summed E-state index contributed by atoms with van der Waals surface area (Å²) in [6.45, 7) is 5.11. The van der Waals surface area contributed by atoms with Crippen LogP contribution in [0.1, 0.15) is 26.3 Å². The number of rotatable bonds is 2. The van der Waals surface area contributed by atoms with Crippen molar-refractivity contribution >= 4 is 23.5 Å². The minimum absolute atomic E-state index is 0.0166. The van der Waals surface area contributed by atoms with Crippen molar-refractivity contribution in [3.8, 4) is 11.8 Å². The van der Waals surface area contributed by atoms with Gasteiger partial charge in [0.15, 0.2) is 5.82 Å². The van der Waals surface area contributed by atoms with Gasteiger partial charge in [0.2, 0.25) is 0 Å². The summed E-state index contributed by atoms with van der Waals surface area (Å²) in [6, 6.07) is 5.87. The maximum atomic E-state index is 14.1. The van der Waals surface area contributed by atoms with Crippen molar-refractivity contribution in [1.29, 1.82) is 5.26 Å². The third-order valence-electron chi connectivity index (χ3n) is 2.65. The zero-order valence-corrected chi connectivity index (χ0v) is 13.5. The lowest BCUT2D eigenvalue weighted by molar-refractivity contribution is 0.0635. The lowest BCUT2D eigenvalue weighted by Crippen LogP contribution is -2.28. The van der Waals surface area contributed by atoms with E-state index < -0.39 is 17.5 Å². The van der Waals surface area contributed by atoms with Crippen molar-refractivity contribution in [2.45, 2.75) is 26.4 Å². The van der Waals surface area contributed by atoms with Crippen LogP contribution in [0.4, 0.5) is 15.0 Å². The van der Waals surface area contributed by atoms with Crippen LogP contribution in [0.5, 0.6) is 0 Å². The third kappa shape index (κ3) is 3.99. The highest BCUT2D eigenvalue weighted by Crippen LogP contribution is 2.24. The number of nitriles is 1. The minimum Gasteiger partial charge on any atom is -0.444 e. The molecule has 0 radical (unpaired) electrons. The number of ether oxygens (including phenoxy) is 1. The van der Waals surface area contributed by atoms with Gasteiger partial charge in [-0.3, -0.25) is 5.32 Å². The fourth-order valence-electron chi connectivity index (χ4n) is 1.79. The monoisotopic (exact) mass is 336 g/mol. The maximum Gasteiger partial charge on any atom is 0.413 e. The van der Waals surface area contributed by atoms with E-state index in [4.69, 9.17) is 21.6 Å². The number of amides is 1. The van der Waals surface area contributed by atoms with Gasteiger partial charge in [0.05, 0.1) is 6.20 Å². The van der Waals surface area contributed by atoms with Gasteiger partial charge in [0, 0.05) is 5.02 Å². The predicted molar refractivity (Wildman–Crippen MR) is 83.1 cm³/mol. The second-order valence-electron chi connectivity index (χ2n) is 5.65. The topological polar surface area (TPSA) is 79.9 Å². The fourth-order valence-corrected chi connectivity index (χ4v) is 1.95. The molecule has 2 aromatic rings. The van der Waals surface area contributed by atoms with E-state index in [9.17, 15) is 9.18 Å². The molecule has 0 aliphatic carbocycles. The number of carbonyl (C=O) groups excluding carboxylic acids is 1. The molecule has 0 unspecified atom stereocenters. The molecule has 1 amide bonds. The summed E-state index contributed by atoms with van der Waals surface area (Å²) < 4.78 is 20.3. The van der Waals surface area contributed by atoms with Gasteiger partial charge in [-0.2, -0.15) is 10.4 Å². The van der Waals surface area contributed by atoms with E-state index in [0.29, 0.717) is 0 Å². The second kappa shape index (κ2) is 6.26. The second-order valence-corrected chi connectivity index (χ2v) is 6.09. The molecule has 0 saturated carbocycles. The van der Waals surface area contributed by atoms with Gasteiger partial charge in [-0.05, 0) is 39.0 Å². The van der Waals surface area contributed by atoms with Crippen molar-refractivity contribution in [3.63, 3.8) is 0 Å². The standard InChI is InChI=1S/C15H14ClFN4O2/c1-15(2,3)23-14(22)20-13-9(7-18)8-19-21(13)12-5-4-10(16)6-11(12)17/h4-6,8H,1-3H3,(H,20,22).